The smallest absolute Gasteiger partial charge is 0.338 e. The van der Waals surface area contributed by atoms with Crippen molar-refractivity contribution in [3.05, 3.63) is 121 Å². The van der Waals surface area contributed by atoms with Gasteiger partial charge < -0.3 is 23.7 Å². The first kappa shape index (κ1) is 24.7. The second-order valence-electron chi connectivity index (χ2n) is 7.79. The van der Waals surface area contributed by atoms with E-state index in [0.717, 1.165) is 6.26 Å². The molecule has 4 rings (SSSR count). The minimum absolute atomic E-state index is 0.177. The van der Waals surface area contributed by atoms with Crippen molar-refractivity contribution in [2.45, 2.75) is 24.6 Å². The van der Waals surface area contributed by atoms with Crippen LogP contribution in [-0.2, 0) is 23.7 Å². The maximum atomic E-state index is 13.0. The lowest BCUT2D eigenvalue weighted by Gasteiger charge is -2.40. The van der Waals surface area contributed by atoms with Gasteiger partial charge in [-0.05, 0) is 36.4 Å². The molecule has 1 heterocycles. The number of hydrogen-bond donors (Lipinski definition) is 0. The molecule has 4 atom stereocenters. The van der Waals surface area contributed by atoms with Gasteiger partial charge in [0, 0.05) is 0 Å². The molecule has 8 nitrogen and oxygen atoms in total. The molecule has 184 valence electrons. The summed E-state index contributed by atoms with van der Waals surface area (Å²) in [7, 11) is 0. The Balaban J connectivity index is 1.64. The standard InChI is InChI=1S/C28H24O8/c1-2-32-28-24(36-27(31)21-16-10-5-11-17-21)23(35-26(30)20-14-8-4-9-15-20)22(18-33-28)34-25(29)19-12-6-3-7-13-19/h2-17,22-24,28H,1,18H2/t22-,23-,24+,28+/m1/s1. The molecule has 3 aromatic rings. The summed E-state index contributed by atoms with van der Waals surface area (Å²) in [6, 6.07) is 24.9. The first-order valence-electron chi connectivity index (χ1n) is 11.2. The predicted octanol–water partition coefficient (Wildman–Crippen LogP) is 4.18. The van der Waals surface area contributed by atoms with Crippen molar-refractivity contribution in [1.82, 2.24) is 0 Å². The van der Waals surface area contributed by atoms with Crippen LogP contribution in [0.4, 0.5) is 0 Å². The van der Waals surface area contributed by atoms with E-state index in [4.69, 9.17) is 23.7 Å². The molecule has 0 N–H and O–H groups in total. The summed E-state index contributed by atoms with van der Waals surface area (Å²) in [5, 5.41) is 0. The zero-order valence-corrected chi connectivity index (χ0v) is 19.2. The topological polar surface area (TPSA) is 97.4 Å². The Kier molecular flexibility index (Phi) is 8.10. The zero-order chi connectivity index (χ0) is 25.3. The van der Waals surface area contributed by atoms with E-state index < -0.39 is 42.5 Å². The number of benzene rings is 3. The lowest BCUT2D eigenvalue weighted by molar-refractivity contribution is -0.252. The van der Waals surface area contributed by atoms with Crippen molar-refractivity contribution >= 4 is 17.9 Å². The Morgan fingerprint density at radius 1 is 0.667 bits per heavy atom. The van der Waals surface area contributed by atoms with Crippen LogP contribution < -0.4 is 0 Å². The lowest BCUT2D eigenvalue weighted by Crippen LogP contribution is -2.58. The van der Waals surface area contributed by atoms with Gasteiger partial charge in [-0.25, -0.2) is 14.4 Å². The number of carbonyl (C=O) groups excluding carboxylic acids is 3. The summed E-state index contributed by atoms with van der Waals surface area (Å²) >= 11 is 0. The third-order valence-corrected chi connectivity index (χ3v) is 5.39. The van der Waals surface area contributed by atoms with E-state index in [1.54, 1.807) is 91.0 Å². The second kappa shape index (κ2) is 11.8. The molecule has 8 heteroatoms. The fourth-order valence-electron chi connectivity index (χ4n) is 3.64. The average molecular weight is 488 g/mol. The summed E-state index contributed by atoms with van der Waals surface area (Å²) in [6.07, 6.45) is -3.64. The maximum absolute atomic E-state index is 13.0. The molecule has 1 saturated heterocycles. The maximum Gasteiger partial charge on any atom is 0.338 e. The minimum atomic E-state index is -1.27. The number of hydrogen-bond acceptors (Lipinski definition) is 8. The van der Waals surface area contributed by atoms with Crippen LogP contribution in [0.3, 0.4) is 0 Å². The van der Waals surface area contributed by atoms with Gasteiger partial charge in [0.2, 0.25) is 12.4 Å². The Labute approximate surface area is 208 Å². The van der Waals surface area contributed by atoms with Crippen LogP contribution in [0.15, 0.2) is 104 Å². The van der Waals surface area contributed by atoms with Gasteiger partial charge in [0.15, 0.2) is 12.2 Å². The summed E-state index contributed by atoms with van der Waals surface area (Å²) in [6.45, 7) is 3.35. The summed E-state index contributed by atoms with van der Waals surface area (Å²) < 4.78 is 28.2. The van der Waals surface area contributed by atoms with Crippen molar-refractivity contribution in [2.24, 2.45) is 0 Å². The van der Waals surface area contributed by atoms with E-state index >= 15 is 0 Å². The molecule has 0 radical (unpaired) electrons. The average Bonchev–Trinajstić information content (AvgIpc) is 2.93. The fourth-order valence-corrected chi connectivity index (χ4v) is 3.64. The lowest BCUT2D eigenvalue weighted by atomic mass is 10.0. The molecule has 3 aromatic carbocycles. The Bertz CT molecular complexity index is 1180. The third-order valence-electron chi connectivity index (χ3n) is 5.39. The molecule has 0 bridgehead atoms. The number of esters is 3. The van der Waals surface area contributed by atoms with Crippen molar-refractivity contribution in [3.63, 3.8) is 0 Å². The van der Waals surface area contributed by atoms with Crippen LogP contribution in [0.2, 0.25) is 0 Å². The molecule has 1 aliphatic heterocycles. The van der Waals surface area contributed by atoms with Gasteiger partial charge in [-0.15, -0.1) is 0 Å². The van der Waals surface area contributed by atoms with E-state index in [1.807, 2.05) is 0 Å². The van der Waals surface area contributed by atoms with Crippen molar-refractivity contribution in [2.75, 3.05) is 6.61 Å². The molecule has 0 amide bonds. The molecule has 0 saturated carbocycles. The molecule has 0 aromatic heterocycles. The fraction of sp³-hybridized carbons (Fsp3) is 0.179. The van der Waals surface area contributed by atoms with Crippen LogP contribution in [0, 0.1) is 0 Å². The minimum Gasteiger partial charge on any atom is -0.469 e. The summed E-state index contributed by atoms with van der Waals surface area (Å²) in [4.78, 5) is 38.7. The molecule has 1 aliphatic rings. The molecular formula is C28H24O8. The van der Waals surface area contributed by atoms with Crippen molar-refractivity contribution in [3.8, 4) is 0 Å². The van der Waals surface area contributed by atoms with Crippen molar-refractivity contribution < 1.29 is 38.1 Å². The van der Waals surface area contributed by atoms with Gasteiger partial charge in [0.05, 0.1) is 29.6 Å². The second-order valence-corrected chi connectivity index (χ2v) is 7.79. The van der Waals surface area contributed by atoms with Gasteiger partial charge in [-0.3, -0.25) is 0 Å². The number of carbonyl (C=O) groups is 3. The molecular weight excluding hydrogens is 464 g/mol. The van der Waals surface area contributed by atoms with E-state index in [1.165, 1.54) is 0 Å². The van der Waals surface area contributed by atoms with Crippen LogP contribution in [0.5, 0.6) is 0 Å². The highest BCUT2D eigenvalue weighted by atomic mass is 16.7. The summed E-state index contributed by atoms with van der Waals surface area (Å²) in [5.41, 5.74) is 0.839. The van der Waals surface area contributed by atoms with Crippen LogP contribution in [-0.4, -0.2) is 49.1 Å². The normalized spacial score (nSPS) is 21.0. The SMILES string of the molecule is C=CO[C@H]1OC[C@@H](OC(=O)c2ccccc2)[C@@H](OC(=O)c2ccccc2)[C@@H]1OC(=O)c1ccccc1. The number of ether oxygens (including phenoxy) is 5. The Hall–Kier alpha value is -4.43. The molecule has 0 aliphatic carbocycles. The van der Waals surface area contributed by atoms with E-state index in [0.29, 0.717) is 5.56 Å². The van der Waals surface area contributed by atoms with Gasteiger partial charge in [-0.1, -0.05) is 61.2 Å². The highest BCUT2D eigenvalue weighted by molar-refractivity contribution is 5.91. The number of rotatable bonds is 8. The van der Waals surface area contributed by atoms with Gasteiger partial charge in [0.1, 0.15) is 0 Å². The van der Waals surface area contributed by atoms with E-state index in [-0.39, 0.29) is 17.7 Å². The predicted molar refractivity (Wildman–Crippen MR) is 128 cm³/mol. The van der Waals surface area contributed by atoms with E-state index in [2.05, 4.69) is 6.58 Å². The molecule has 36 heavy (non-hydrogen) atoms. The van der Waals surface area contributed by atoms with Crippen LogP contribution >= 0.6 is 0 Å². The largest absolute Gasteiger partial charge is 0.469 e. The Morgan fingerprint density at radius 2 is 1.08 bits per heavy atom. The quantitative estimate of drug-likeness (QED) is 0.265. The molecule has 1 fully saturated rings. The van der Waals surface area contributed by atoms with Crippen LogP contribution in [0.1, 0.15) is 31.1 Å². The van der Waals surface area contributed by atoms with Gasteiger partial charge in [-0.2, -0.15) is 0 Å². The monoisotopic (exact) mass is 488 g/mol. The van der Waals surface area contributed by atoms with Gasteiger partial charge >= 0.3 is 17.9 Å². The first-order chi connectivity index (χ1) is 17.6. The zero-order valence-electron chi connectivity index (χ0n) is 19.2. The van der Waals surface area contributed by atoms with Crippen molar-refractivity contribution in [1.29, 1.82) is 0 Å². The van der Waals surface area contributed by atoms with Gasteiger partial charge in [0.25, 0.3) is 0 Å². The highest BCUT2D eigenvalue weighted by Gasteiger charge is 2.49. The van der Waals surface area contributed by atoms with E-state index in [9.17, 15) is 14.4 Å². The first-order valence-corrected chi connectivity index (χ1v) is 11.2. The Morgan fingerprint density at radius 3 is 1.53 bits per heavy atom. The summed E-state index contributed by atoms with van der Waals surface area (Å²) in [5.74, 6) is -2.04. The van der Waals surface area contributed by atoms with Crippen LogP contribution in [0.25, 0.3) is 0 Å². The highest BCUT2D eigenvalue weighted by Crippen LogP contribution is 2.27. The molecule has 0 unspecified atom stereocenters. The molecule has 0 spiro atoms. The third kappa shape index (κ3) is 5.97.